The third-order valence-corrected chi connectivity index (χ3v) is 5.01. The normalized spacial score (nSPS) is 13.6. The van der Waals surface area contributed by atoms with E-state index in [1.807, 2.05) is 48.2 Å². The predicted molar refractivity (Wildman–Crippen MR) is 96.7 cm³/mol. The molecule has 0 fully saturated rings. The van der Waals surface area contributed by atoms with Gasteiger partial charge in [0.05, 0.1) is 6.20 Å². The van der Waals surface area contributed by atoms with Gasteiger partial charge in [-0.3, -0.25) is 9.89 Å². The molecular weight excluding hydrogens is 336 g/mol. The van der Waals surface area contributed by atoms with Crippen LogP contribution in [-0.2, 0) is 13.0 Å². The zero-order chi connectivity index (χ0) is 17.4. The van der Waals surface area contributed by atoms with Gasteiger partial charge in [0, 0.05) is 56.0 Å². The number of nitrogens with zero attached hydrogens (tertiary/aromatic N) is 5. The molecule has 0 aliphatic carbocycles. The smallest absolute Gasteiger partial charge is 0.254 e. The van der Waals surface area contributed by atoms with Crippen LogP contribution < -0.4 is 4.90 Å². The molecule has 3 aromatic rings. The zero-order valence-electron chi connectivity index (χ0n) is 14.1. The molecule has 4 rings (SSSR count). The van der Waals surface area contributed by atoms with Crippen LogP contribution in [0.5, 0.6) is 0 Å². The summed E-state index contributed by atoms with van der Waals surface area (Å²) >= 11 is 1.34. The second kappa shape index (κ2) is 6.29. The Kier molecular flexibility index (Phi) is 3.96. The van der Waals surface area contributed by atoms with Gasteiger partial charge in [-0.1, -0.05) is 12.1 Å². The Morgan fingerprint density at radius 3 is 3.04 bits per heavy atom. The second-order valence-electron chi connectivity index (χ2n) is 6.23. The third kappa shape index (κ3) is 3.00. The van der Waals surface area contributed by atoms with Gasteiger partial charge in [0.25, 0.3) is 5.91 Å². The van der Waals surface area contributed by atoms with Crippen LogP contribution in [0.3, 0.4) is 0 Å². The molecule has 1 aromatic carbocycles. The number of benzene rings is 1. The Hall–Kier alpha value is -2.74. The van der Waals surface area contributed by atoms with Crippen molar-refractivity contribution in [3.8, 4) is 10.6 Å². The van der Waals surface area contributed by atoms with E-state index < -0.39 is 0 Å². The Labute approximate surface area is 149 Å². The van der Waals surface area contributed by atoms with E-state index in [4.69, 9.17) is 0 Å². The number of anilines is 1. The molecule has 0 unspecified atom stereocenters. The van der Waals surface area contributed by atoms with Crippen molar-refractivity contribution < 1.29 is 4.79 Å². The molecule has 128 valence electrons. The molecule has 2 aromatic heterocycles. The predicted octanol–water partition coefficient (Wildman–Crippen LogP) is 2.19. The lowest BCUT2D eigenvalue weighted by Gasteiger charge is -2.26. The summed E-state index contributed by atoms with van der Waals surface area (Å²) in [6, 6.07) is 7.60. The number of carbonyl (C=O) groups is 1. The maximum absolute atomic E-state index is 12.9. The molecule has 0 saturated carbocycles. The largest absolute Gasteiger partial charge is 0.346 e. The van der Waals surface area contributed by atoms with E-state index in [1.54, 1.807) is 6.20 Å². The van der Waals surface area contributed by atoms with Crippen LogP contribution in [0.25, 0.3) is 10.6 Å². The van der Waals surface area contributed by atoms with Gasteiger partial charge in [-0.2, -0.15) is 14.5 Å². The molecule has 0 atom stereocenters. The van der Waals surface area contributed by atoms with E-state index in [-0.39, 0.29) is 5.91 Å². The summed E-state index contributed by atoms with van der Waals surface area (Å²) in [5, 5.41) is 7.87. The molecule has 1 N–H and O–H groups in total. The number of carbonyl (C=O) groups excluding carboxylic acids is 1. The number of aromatic nitrogens is 4. The summed E-state index contributed by atoms with van der Waals surface area (Å²) < 4.78 is 4.33. The first-order valence-electron chi connectivity index (χ1n) is 8.03. The van der Waals surface area contributed by atoms with Crippen molar-refractivity contribution in [2.24, 2.45) is 0 Å². The molecule has 1 aliphatic rings. The number of hydrogen-bond acceptors (Lipinski definition) is 6. The lowest BCUT2D eigenvalue weighted by Crippen LogP contribution is -2.35. The molecule has 1 amide bonds. The average molecular weight is 354 g/mol. The molecule has 0 bridgehead atoms. The monoisotopic (exact) mass is 354 g/mol. The fourth-order valence-electron chi connectivity index (χ4n) is 2.88. The van der Waals surface area contributed by atoms with Gasteiger partial charge in [-0.15, -0.1) is 0 Å². The van der Waals surface area contributed by atoms with Crippen LogP contribution in [0.15, 0.2) is 30.5 Å². The zero-order valence-corrected chi connectivity index (χ0v) is 14.9. The summed E-state index contributed by atoms with van der Waals surface area (Å²) in [5.41, 5.74) is 3.81. The van der Waals surface area contributed by atoms with Gasteiger partial charge in [-0.25, -0.2) is 0 Å². The molecule has 8 heteroatoms. The molecule has 0 saturated heterocycles. The molecular formula is C17H18N6OS. The first-order chi connectivity index (χ1) is 12.1. The van der Waals surface area contributed by atoms with E-state index in [9.17, 15) is 4.79 Å². The van der Waals surface area contributed by atoms with Crippen LogP contribution in [0.1, 0.15) is 21.6 Å². The van der Waals surface area contributed by atoms with Crippen LogP contribution in [0.2, 0.25) is 0 Å². The number of rotatable bonds is 3. The highest BCUT2D eigenvalue weighted by Crippen LogP contribution is 2.26. The van der Waals surface area contributed by atoms with Crippen molar-refractivity contribution in [1.82, 2.24) is 24.5 Å². The number of aromatic amines is 1. The quantitative estimate of drug-likeness (QED) is 0.780. The highest BCUT2D eigenvalue weighted by Gasteiger charge is 2.23. The fraction of sp³-hybridized carbons (Fsp3) is 0.294. The van der Waals surface area contributed by atoms with E-state index in [0.717, 1.165) is 28.2 Å². The Morgan fingerprint density at radius 1 is 1.36 bits per heavy atom. The van der Waals surface area contributed by atoms with Gasteiger partial charge >= 0.3 is 0 Å². The van der Waals surface area contributed by atoms with E-state index in [0.29, 0.717) is 24.6 Å². The number of hydrogen-bond donors (Lipinski definition) is 1. The summed E-state index contributed by atoms with van der Waals surface area (Å²) in [4.78, 5) is 21.1. The standard InChI is InChI=1S/C17H18N6OS/c1-22(2)17-19-15(25-21-17)11-4-3-5-12(8-11)16(24)23-7-6-14-13(10-23)9-18-20-14/h3-5,8-9H,6-7,10H2,1-2H3,(H,18,20). The molecule has 25 heavy (non-hydrogen) atoms. The number of nitrogens with one attached hydrogen (secondary N) is 1. The first kappa shape index (κ1) is 15.8. The van der Waals surface area contributed by atoms with Gasteiger partial charge in [0.1, 0.15) is 5.01 Å². The van der Waals surface area contributed by atoms with E-state index in [1.165, 1.54) is 11.5 Å². The fourth-order valence-corrected chi connectivity index (χ4v) is 3.60. The Balaban J connectivity index is 1.57. The summed E-state index contributed by atoms with van der Waals surface area (Å²) in [6.45, 7) is 1.29. The number of H-pyrrole nitrogens is 1. The summed E-state index contributed by atoms with van der Waals surface area (Å²) in [5.74, 6) is 0.714. The van der Waals surface area contributed by atoms with Gasteiger partial charge in [0.2, 0.25) is 5.95 Å². The van der Waals surface area contributed by atoms with Crippen molar-refractivity contribution >= 4 is 23.4 Å². The highest BCUT2D eigenvalue weighted by molar-refractivity contribution is 7.09. The van der Waals surface area contributed by atoms with Gasteiger partial charge < -0.3 is 9.80 Å². The molecule has 1 aliphatic heterocycles. The maximum Gasteiger partial charge on any atom is 0.254 e. The lowest BCUT2D eigenvalue weighted by atomic mass is 10.1. The number of amides is 1. The minimum Gasteiger partial charge on any atom is -0.346 e. The van der Waals surface area contributed by atoms with Crippen molar-refractivity contribution in [2.75, 3.05) is 25.5 Å². The maximum atomic E-state index is 12.9. The minimum atomic E-state index is 0.0334. The number of fused-ring (bicyclic) bond motifs is 1. The van der Waals surface area contributed by atoms with Crippen molar-refractivity contribution in [1.29, 1.82) is 0 Å². The van der Waals surface area contributed by atoms with E-state index >= 15 is 0 Å². The lowest BCUT2D eigenvalue weighted by molar-refractivity contribution is 0.0734. The Morgan fingerprint density at radius 2 is 2.24 bits per heavy atom. The third-order valence-electron chi connectivity index (χ3n) is 4.26. The van der Waals surface area contributed by atoms with Crippen LogP contribution in [0, 0.1) is 0 Å². The van der Waals surface area contributed by atoms with Crippen molar-refractivity contribution in [3.63, 3.8) is 0 Å². The van der Waals surface area contributed by atoms with Crippen molar-refractivity contribution in [3.05, 3.63) is 47.3 Å². The summed E-state index contributed by atoms with van der Waals surface area (Å²) in [7, 11) is 3.82. The first-order valence-corrected chi connectivity index (χ1v) is 8.81. The second-order valence-corrected chi connectivity index (χ2v) is 6.98. The van der Waals surface area contributed by atoms with E-state index in [2.05, 4.69) is 19.6 Å². The average Bonchev–Trinajstić information content (AvgIpc) is 3.30. The van der Waals surface area contributed by atoms with Gasteiger partial charge in [-0.05, 0) is 23.7 Å². The highest BCUT2D eigenvalue weighted by atomic mass is 32.1. The van der Waals surface area contributed by atoms with Crippen LogP contribution in [0.4, 0.5) is 5.95 Å². The van der Waals surface area contributed by atoms with Gasteiger partial charge in [0.15, 0.2) is 0 Å². The SMILES string of the molecule is CN(C)c1nsc(-c2cccc(C(=O)N3CCc4[nH]ncc4C3)c2)n1. The molecule has 0 radical (unpaired) electrons. The minimum absolute atomic E-state index is 0.0334. The van der Waals surface area contributed by atoms with Crippen LogP contribution >= 0.6 is 11.5 Å². The van der Waals surface area contributed by atoms with Crippen molar-refractivity contribution in [2.45, 2.75) is 13.0 Å². The molecule has 7 nitrogen and oxygen atoms in total. The molecule has 3 heterocycles. The molecule has 0 spiro atoms. The Bertz CT molecular complexity index is 915. The summed E-state index contributed by atoms with van der Waals surface area (Å²) in [6.07, 6.45) is 2.61. The topological polar surface area (TPSA) is 78.0 Å². The van der Waals surface area contributed by atoms with Crippen LogP contribution in [-0.4, -0.2) is 51.0 Å².